The summed E-state index contributed by atoms with van der Waals surface area (Å²) >= 11 is 0. The van der Waals surface area contributed by atoms with E-state index in [2.05, 4.69) is 10.4 Å². The van der Waals surface area contributed by atoms with Crippen LogP contribution in [0.3, 0.4) is 0 Å². The van der Waals surface area contributed by atoms with E-state index in [1.165, 1.54) is 18.7 Å². The fraction of sp³-hybridized carbons (Fsp3) is 0.400. The van der Waals surface area contributed by atoms with Gasteiger partial charge in [-0.1, -0.05) is 18.2 Å². The fourth-order valence-corrected chi connectivity index (χ4v) is 2.11. The summed E-state index contributed by atoms with van der Waals surface area (Å²) in [4.78, 5) is 37.9. The molecule has 1 heterocycles. The number of rotatable bonds is 4. The molecule has 23 heavy (non-hydrogen) atoms. The molecule has 0 aliphatic carbocycles. The number of nitrogens with zero attached hydrogens (tertiary/aromatic N) is 5. The van der Waals surface area contributed by atoms with Crippen LogP contribution in [0.25, 0.3) is 0 Å². The van der Waals surface area contributed by atoms with Gasteiger partial charge in [-0.25, -0.2) is 9.59 Å². The van der Waals surface area contributed by atoms with Crippen LogP contribution in [0.2, 0.25) is 0 Å². The average Bonchev–Trinajstić information content (AvgIpc) is 2.88. The second-order valence-corrected chi connectivity index (χ2v) is 5.49. The van der Waals surface area contributed by atoms with Crippen molar-refractivity contribution in [2.75, 3.05) is 4.90 Å². The number of carbonyl (C=O) groups is 2. The quantitative estimate of drug-likeness (QED) is 0.797. The maximum absolute atomic E-state index is 12.7. The van der Waals surface area contributed by atoms with Crippen molar-refractivity contribution < 1.29 is 9.59 Å². The van der Waals surface area contributed by atoms with Crippen molar-refractivity contribution in [3.63, 3.8) is 0 Å². The van der Waals surface area contributed by atoms with E-state index in [1.54, 1.807) is 24.3 Å². The zero-order valence-electron chi connectivity index (χ0n) is 13.5. The van der Waals surface area contributed by atoms with Crippen LogP contribution >= 0.6 is 0 Å². The van der Waals surface area contributed by atoms with E-state index in [4.69, 9.17) is 0 Å². The number of para-hydroxylation sites is 1. The number of amides is 1. The highest BCUT2D eigenvalue weighted by atomic mass is 16.2. The van der Waals surface area contributed by atoms with Gasteiger partial charge in [0.15, 0.2) is 5.78 Å². The number of tetrazole rings is 1. The molecule has 8 heteroatoms. The molecule has 1 atom stereocenters. The Morgan fingerprint density at radius 2 is 1.70 bits per heavy atom. The summed E-state index contributed by atoms with van der Waals surface area (Å²) in [6.07, 6.45) is 0. The molecule has 0 N–H and O–H groups in total. The molecular weight excluding hydrogens is 298 g/mol. The molecule has 1 unspecified atom stereocenters. The molecule has 0 bridgehead atoms. The highest BCUT2D eigenvalue weighted by Crippen LogP contribution is 2.17. The van der Waals surface area contributed by atoms with E-state index in [0.717, 1.165) is 4.68 Å². The van der Waals surface area contributed by atoms with Crippen LogP contribution in [-0.2, 0) is 4.79 Å². The summed E-state index contributed by atoms with van der Waals surface area (Å²) < 4.78 is 1.58. The van der Waals surface area contributed by atoms with Crippen LogP contribution in [0.5, 0.6) is 0 Å². The maximum atomic E-state index is 12.7. The Morgan fingerprint density at radius 3 is 2.22 bits per heavy atom. The van der Waals surface area contributed by atoms with Gasteiger partial charge in [-0.2, -0.15) is 4.68 Å². The van der Waals surface area contributed by atoms with E-state index in [-0.39, 0.29) is 11.8 Å². The summed E-state index contributed by atoms with van der Waals surface area (Å²) in [7, 11) is 0. The van der Waals surface area contributed by atoms with Gasteiger partial charge < -0.3 is 0 Å². The zero-order chi connectivity index (χ0) is 17.1. The molecule has 0 aliphatic heterocycles. The third kappa shape index (κ3) is 3.20. The first-order chi connectivity index (χ1) is 10.8. The zero-order valence-corrected chi connectivity index (χ0v) is 13.5. The molecule has 0 radical (unpaired) electrons. The summed E-state index contributed by atoms with van der Waals surface area (Å²) in [5.41, 5.74) is -0.0900. The monoisotopic (exact) mass is 317 g/mol. The van der Waals surface area contributed by atoms with Crippen molar-refractivity contribution in [2.24, 2.45) is 0 Å². The number of Topliss-reactive ketones (excluding diaryl/α,β-unsaturated/α-hetero) is 1. The van der Waals surface area contributed by atoms with Crippen LogP contribution in [-0.4, -0.2) is 37.6 Å². The molecule has 1 aromatic heterocycles. The number of hydrogen-bond donors (Lipinski definition) is 0. The Balaban J connectivity index is 2.43. The molecule has 8 nitrogen and oxygen atoms in total. The predicted octanol–water partition coefficient (Wildman–Crippen LogP) is 1.47. The van der Waals surface area contributed by atoms with Crippen LogP contribution in [0, 0.1) is 0 Å². The van der Waals surface area contributed by atoms with Gasteiger partial charge >= 0.3 is 11.7 Å². The van der Waals surface area contributed by atoms with Gasteiger partial charge in [-0.3, -0.25) is 9.69 Å². The lowest BCUT2D eigenvalue weighted by Gasteiger charge is -2.25. The van der Waals surface area contributed by atoms with Gasteiger partial charge in [-0.15, -0.1) is 4.68 Å². The molecule has 0 saturated carbocycles. The normalized spacial score (nSPS) is 12.2. The van der Waals surface area contributed by atoms with E-state index in [9.17, 15) is 14.4 Å². The van der Waals surface area contributed by atoms with Crippen LogP contribution in [0.15, 0.2) is 35.1 Å². The smallest absolute Gasteiger partial charge is 0.298 e. The number of aromatic nitrogens is 4. The summed E-state index contributed by atoms with van der Waals surface area (Å²) in [5.74, 6) is -0.240. The van der Waals surface area contributed by atoms with Crippen molar-refractivity contribution >= 4 is 17.5 Å². The predicted molar refractivity (Wildman–Crippen MR) is 84.5 cm³/mol. The third-order valence-corrected chi connectivity index (χ3v) is 3.50. The topological polar surface area (TPSA) is 90.1 Å². The first-order valence-electron chi connectivity index (χ1n) is 7.28. The lowest BCUT2D eigenvalue weighted by molar-refractivity contribution is -0.120. The average molecular weight is 317 g/mol. The molecule has 0 saturated heterocycles. The molecule has 1 amide bonds. The molecule has 0 aliphatic rings. The van der Waals surface area contributed by atoms with Crippen molar-refractivity contribution in [1.29, 1.82) is 0 Å². The highest BCUT2D eigenvalue weighted by molar-refractivity contribution is 5.93. The largest absolute Gasteiger partial charge is 0.373 e. The van der Waals surface area contributed by atoms with Gasteiger partial charge in [0.05, 0.1) is 0 Å². The minimum atomic E-state index is -0.770. The Morgan fingerprint density at radius 1 is 1.09 bits per heavy atom. The number of benzene rings is 1. The van der Waals surface area contributed by atoms with E-state index in [1.807, 2.05) is 19.9 Å². The van der Waals surface area contributed by atoms with Crippen LogP contribution in [0.4, 0.5) is 10.5 Å². The van der Waals surface area contributed by atoms with Gasteiger partial charge in [0.25, 0.3) is 0 Å². The summed E-state index contributed by atoms with van der Waals surface area (Å²) in [5, 5.41) is 7.26. The third-order valence-electron chi connectivity index (χ3n) is 3.50. The second kappa shape index (κ2) is 6.55. The number of carbonyl (C=O) groups excluding carboxylic acids is 2. The van der Waals surface area contributed by atoms with Crippen molar-refractivity contribution in [1.82, 2.24) is 19.8 Å². The highest BCUT2D eigenvalue weighted by Gasteiger charge is 2.26. The minimum Gasteiger partial charge on any atom is -0.298 e. The van der Waals surface area contributed by atoms with Gasteiger partial charge in [0.1, 0.15) is 6.04 Å². The van der Waals surface area contributed by atoms with E-state index in [0.29, 0.717) is 10.4 Å². The van der Waals surface area contributed by atoms with Crippen molar-refractivity contribution in [2.45, 2.75) is 39.8 Å². The lowest BCUT2D eigenvalue weighted by Crippen LogP contribution is -2.45. The van der Waals surface area contributed by atoms with Gasteiger partial charge in [-0.05, 0) is 50.3 Å². The Labute approximate surface area is 133 Å². The van der Waals surface area contributed by atoms with E-state index >= 15 is 0 Å². The number of ketones is 1. The summed E-state index contributed by atoms with van der Waals surface area (Å²) in [6, 6.07) is 7.41. The van der Waals surface area contributed by atoms with Crippen molar-refractivity contribution in [3.8, 4) is 0 Å². The molecule has 0 spiro atoms. The van der Waals surface area contributed by atoms with Gasteiger partial charge in [0.2, 0.25) is 0 Å². The maximum Gasteiger partial charge on any atom is 0.373 e. The molecule has 1 aromatic carbocycles. The summed E-state index contributed by atoms with van der Waals surface area (Å²) in [6.45, 7) is 6.55. The first-order valence-corrected chi connectivity index (χ1v) is 7.28. The molecule has 2 aromatic rings. The Hall–Kier alpha value is -2.77. The second-order valence-electron chi connectivity index (χ2n) is 5.49. The first kappa shape index (κ1) is 16.6. The molecule has 2 rings (SSSR count). The number of anilines is 1. The SMILES string of the molecule is CC(=O)C(C)n1nnn(C(=O)N(c2ccccc2)C(C)C)c1=O. The molecule has 122 valence electrons. The lowest BCUT2D eigenvalue weighted by atomic mass is 10.2. The molecule has 0 fully saturated rings. The standard InChI is InChI=1S/C15H19N5O3/c1-10(2)18(13-8-6-5-7-9-13)14(22)20-15(23)19(16-17-20)11(3)12(4)21/h5-11H,1-4H3. The minimum absolute atomic E-state index is 0.188. The van der Waals surface area contributed by atoms with Gasteiger partial charge in [0, 0.05) is 11.7 Å². The van der Waals surface area contributed by atoms with Crippen LogP contribution < -0.4 is 10.6 Å². The fourth-order valence-electron chi connectivity index (χ4n) is 2.11. The van der Waals surface area contributed by atoms with Crippen LogP contribution in [0.1, 0.15) is 33.7 Å². The number of hydrogen-bond acceptors (Lipinski definition) is 5. The van der Waals surface area contributed by atoms with E-state index < -0.39 is 17.8 Å². The van der Waals surface area contributed by atoms with Crippen molar-refractivity contribution in [3.05, 3.63) is 40.8 Å². The molecular formula is C15H19N5O3. The Kier molecular flexibility index (Phi) is 4.73. The Bertz CT molecular complexity index is 763.